The normalized spacial score (nSPS) is 36.1. The van der Waals surface area contributed by atoms with Crippen LogP contribution in [0, 0.1) is 0 Å². The van der Waals surface area contributed by atoms with Gasteiger partial charge in [-0.05, 0) is 26.2 Å². The maximum absolute atomic E-state index is 10.4. The van der Waals surface area contributed by atoms with Gasteiger partial charge in [0.05, 0.1) is 0 Å². The van der Waals surface area contributed by atoms with Crippen LogP contribution >= 0.6 is 0 Å². The lowest BCUT2D eigenvalue weighted by Crippen LogP contribution is -2.34. The molecular formula is C7H12O2. The van der Waals surface area contributed by atoms with Gasteiger partial charge in [-0.1, -0.05) is 0 Å². The highest BCUT2D eigenvalue weighted by Gasteiger charge is 2.26. The van der Waals surface area contributed by atoms with Crippen molar-refractivity contribution in [1.82, 2.24) is 0 Å². The summed E-state index contributed by atoms with van der Waals surface area (Å²) in [5.74, 6) is 0. The minimum absolute atomic E-state index is 0.460. The molecule has 52 valence electrons. The number of ether oxygens (including phenoxy) is 1. The molecular weight excluding hydrogens is 116 g/mol. The molecule has 0 radical (unpaired) electrons. The van der Waals surface area contributed by atoms with E-state index in [1.165, 1.54) is 0 Å². The third kappa shape index (κ3) is 1.52. The Kier molecular flexibility index (Phi) is 1.86. The number of carbonyl (C=O) groups excluding carboxylic acids is 1. The molecule has 0 bridgehead atoms. The lowest BCUT2D eigenvalue weighted by Gasteiger charge is -2.27. The van der Waals surface area contributed by atoms with E-state index in [1.54, 1.807) is 0 Å². The second-order valence-electron chi connectivity index (χ2n) is 2.74. The maximum atomic E-state index is 10.4. The van der Waals surface area contributed by atoms with Crippen LogP contribution in [0.1, 0.15) is 26.2 Å². The van der Waals surface area contributed by atoms with E-state index in [2.05, 4.69) is 0 Å². The molecule has 0 spiro atoms. The molecule has 0 amide bonds. The van der Waals surface area contributed by atoms with Crippen LogP contribution in [-0.2, 0) is 9.53 Å². The number of carbonyl (C=O) groups is 1. The quantitative estimate of drug-likeness (QED) is 0.495. The molecule has 1 rings (SSSR count). The van der Waals surface area contributed by atoms with E-state index in [-0.39, 0.29) is 0 Å². The van der Waals surface area contributed by atoms with Crippen molar-refractivity contribution in [2.75, 3.05) is 6.61 Å². The van der Waals surface area contributed by atoms with Crippen molar-refractivity contribution in [3.05, 3.63) is 0 Å². The standard InChI is InChI=1S/C7H12O2/c1-7(6-8)4-2-3-5-9-7/h6H,2-5H2,1H3/t7-/m1/s1. The summed E-state index contributed by atoms with van der Waals surface area (Å²) in [6, 6.07) is 0. The van der Waals surface area contributed by atoms with Gasteiger partial charge in [0.2, 0.25) is 0 Å². The Morgan fingerprint density at radius 3 is 2.67 bits per heavy atom. The highest BCUT2D eigenvalue weighted by Crippen LogP contribution is 2.21. The molecule has 0 saturated carbocycles. The smallest absolute Gasteiger partial charge is 0.151 e. The van der Waals surface area contributed by atoms with E-state index in [0.29, 0.717) is 0 Å². The molecule has 1 aliphatic rings. The zero-order chi connectivity index (χ0) is 6.74. The Balaban J connectivity index is 2.46. The first-order valence-corrected chi connectivity index (χ1v) is 3.37. The van der Waals surface area contributed by atoms with E-state index < -0.39 is 5.60 Å². The molecule has 2 nitrogen and oxygen atoms in total. The fourth-order valence-electron chi connectivity index (χ4n) is 1.05. The summed E-state index contributed by atoms with van der Waals surface area (Å²) in [4.78, 5) is 10.4. The van der Waals surface area contributed by atoms with Crippen molar-refractivity contribution < 1.29 is 9.53 Å². The predicted octanol–water partition coefficient (Wildman–Crippen LogP) is 1.14. The summed E-state index contributed by atoms with van der Waals surface area (Å²) in [5, 5.41) is 0. The van der Waals surface area contributed by atoms with E-state index in [4.69, 9.17) is 4.74 Å². The van der Waals surface area contributed by atoms with Crippen molar-refractivity contribution >= 4 is 6.29 Å². The zero-order valence-electron chi connectivity index (χ0n) is 5.72. The summed E-state index contributed by atoms with van der Waals surface area (Å²) in [5.41, 5.74) is -0.460. The number of hydrogen-bond acceptors (Lipinski definition) is 2. The molecule has 1 heterocycles. The Bertz CT molecular complexity index is 103. The summed E-state index contributed by atoms with van der Waals surface area (Å²) >= 11 is 0. The van der Waals surface area contributed by atoms with E-state index >= 15 is 0 Å². The van der Waals surface area contributed by atoms with Crippen molar-refractivity contribution in [2.24, 2.45) is 0 Å². The van der Waals surface area contributed by atoms with E-state index in [1.807, 2.05) is 6.92 Å². The average molecular weight is 128 g/mol. The van der Waals surface area contributed by atoms with Crippen LogP contribution in [0.4, 0.5) is 0 Å². The van der Waals surface area contributed by atoms with Crippen LogP contribution in [0.15, 0.2) is 0 Å². The van der Waals surface area contributed by atoms with Gasteiger partial charge in [0, 0.05) is 6.61 Å². The zero-order valence-corrected chi connectivity index (χ0v) is 5.72. The second kappa shape index (κ2) is 2.48. The third-order valence-corrected chi connectivity index (χ3v) is 1.75. The van der Waals surface area contributed by atoms with E-state index in [9.17, 15) is 4.79 Å². The van der Waals surface area contributed by atoms with Gasteiger partial charge in [0.15, 0.2) is 6.29 Å². The van der Waals surface area contributed by atoms with Gasteiger partial charge in [-0.3, -0.25) is 0 Å². The Morgan fingerprint density at radius 1 is 1.56 bits per heavy atom. The molecule has 0 aliphatic carbocycles. The van der Waals surface area contributed by atoms with Crippen molar-refractivity contribution in [2.45, 2.75) is 31.8 Å². The van der Waals surface area contributed by atoms with Gasteiger partial charge in [0.25, 0.3) is 0 Å². The van der Waals surface area contributed by atoms with Gasteiger partial charge in [-0.2, -0.15) is 0 Å². The monoisotopic (exact) mass is 128 g/mol. The average Bonchev–Trinajstić information content (AvgIpc) is 1.90. The number of hydrogen-bond donors (Lipinski definition) is 0. The molecule has 1 fully saturated rings. The summed E-state index contributed by atoms with van der Waals surface area (Å²) < 4.78 is 5.25. The van der Waals surface area contributed by atoms with Gasteiger partial charge in [0.1, 0.15) is 5.60 Å². The highest BCUT2D eigenvalue weighted by atomic mass is 16.5. The fraction of sp³-hybridized carbons (Fsp3) is 0.857. The van der Waals surface area contributed by atoms with Crippen LogP contribution in [0.3, 0.4) is 0 Å². The molecule has 0 N–H and O–H groups in total. The molecule has 9 heavy (non-hydrogen) atoms. The molecule has 0 aromatic carbocycles. The predicted molar refractivity (Wildman–Crippen MR) is 34.3 cm³/mol. The van der Waals surface area contributed by atoms with Crippen molar-refractivity contribution in [3.63, 3.8) is 0 Å². The van der Waals surface area contributed by atoms with Crippen LogP contribution in [-0.4, -0.2) is 18.5 Å². The molecule has 1 aliphatic heterocycles. The molecule has 0 aromatic rings. The Labute approximate surface area is 55.2 Å². The molecule has 0 unspecified atom stereocenters. The molecule has 1 atom stereocenters. The summed E-state index contributed by atoms with van der Waals surface area (Å²) in [6.07, 6.45) is 4.02. The minimum atomic E-state index is -0.460. The lowest BCUT2D eigenvalue weighted by atomic mass is 9.98. The first-order valence-electron chi connectivity index (χ1n) is 3.37. The summed E-state index contributed by atoms with van der Waals surface area (Å²) in [6.45, 7) is 2.59. The first kappa shape index (κ1) is 6.75. The maximum Gasteiger partial charge on any atom is 0.151 e. The first-order chi connectivity index (χ1) is 4.27. The van der Waals surface area contributed by atoms with Crippen LogP contribution < -0.4 is 0 Å². The molecule has 2 heteroatoms. The minimum Gasteiger partial charge on any atom is -0.368 e. The Morgan fingerprint density at radius 2 is 2.33 bits per heavy atom. The molecule has 0 aromatic heterocycles. The van der Waals surface area contributed by atoms with Gasteiger partial charge >= 0.3 is 0 Å². The largest absolute Gasteiger partial charge is 0.368 e. The van der Waals surface area contributed by atoms with E-state index in [0.717, 1.165) is 32.2 Å². The fourth-order valence-corrected chi connectivity index (χ4v) is 1.05. The van der Waals surface area contributed by atoms with Crippen LogP contribution in [0.5, 0.6) is 0 Å². The number of rotatable bonds is 1. The van der Waals surface area contributed by atoms with Gasteiger partial charge < -0.3 is 9.53 Å². The SMILES string of the molecule is C[C@]1(C=O)CCCCO1. The third-order valence-electron chi connectivity index (χ3n) is 1.75. The van der Waals surface area contributed by atoms with Crippen molar-refractivity contribution in [3.8, 4) is 0 Å². The second-order valence-corrected chi connectivity index (χ2v) is 2.74. The van der Waals surface area contributed by atoms with Crippen molar-refractivity contribution in [1.29, 1.82) is 0 Å². The van der Waals surface area contributed by atoms with Gasteiger partial charge in [-0.15, -0.1) is 0 Å². The topological polar surface area (TPSA) is 26.3 Å². The number of aldehydes is 1. The molecule has 1 saturated heterocycles. The lowest BCUT2D eigenvalue weighted by molar-refractivity contribution is -0.134. The van der Waals surface area contributed by atoms with Crippen LogP contribution in [0.2, 0.25) is 0 Å². The highest BCUT2D eigenvalue weighted by molar-refractivity contribution is 5.61. The van der Waals surface area contributed by atoms with Crippen LogP contribution in [0.25, 0.3) is 0 Å². The van der Waals surface area contributed by atoms with Gasteiger partial charge in [-0.25, -0.2) is 0 Å². The Hall–Kier alpha value is -0.370. The summed E-state index contributed by atoms with van der Waals surface area (Å²) in [7, 11) is 0.